The average molecular weight is 279 g/mol. The van der Waals surface area contributed by atoms with E-state index in [0.717, 1.165) is 31.6 Å². The molecule has 4 nitrogen and oxygen atoms in total. The van der Waals surface area contributed by atoms with Gasteiger partial charge in [-0.25, -0.2) is 0 Å². The van der Waals surface area contributed by atoms with Crippen molar-refractivity contribution < 1.29 is 4.79 Å². The highest BCUT2D eigenvalue weighted by Crippen LogP contribution is 2.31. The lowest BCUT2D eigenvalue weighted by Gasteiger charge is -2.27. The third-order valence-electron chi connectivity index (χ3n) is 5.39. The van der Waals surface area contributed by atoms with Crippen LogP contribution >= 0.6 is 0 Å². The third-order valence-corrected chi connectivity index (χ3v) is 5.39. The van der Waals surface area contributed by atoms with Crippen molar-refractivity contribution in [1.29, 1.82) is 0 Å². The van der Waals surface area contributed by atoms with Crippen molar-refractivity contribution in [3.05, 3.63) is 0 Å². The van der Waals surface area contributed by atoms with Crippen molar-refractivity contribution in [2.24, 2.45) is 5.92 Å². The summed E-state index contributed by atoms with van der Waals surface area (Å²) in [6, 6.07) is 1.36. The molecule has 3 unspecified atom stereocenters. The Morgan fingerprint density at radius 2 is 1.95 bits per heavy atom. The lowest BCUT2D eigenvalue weighted by molar-refractivity contribution is -0.130. The second-order valence-corrected chi connectivity index (χ2v) is 6.70. The minimum atomic E-state index is 0.350. The molecule has 3 aliphatic rings. The van der Waals surface area contributed by atoms with Crippen molar-refractivity contribution >= 4 is 5.91 Å². The van der Waals surface area contributed by atoms with Crippen LogP contribution in [0.3, 0.4) is 0 Å². The molecule has 1 amide bonds. The quantitative estimate of drug-likeness (QED) is 0.802. The lowest BCUT2D eigenvalue weighted by Crippen LogP contribution is -2.43. The molecule has 0 aromatic rings. The van der Waals surface area contributed by atoms with Gasteiger partial charge in [0.25, 0.3) is 0 Å². The number of hydrogen-bond acceptors (Lipinski definition) is 3. The van der Waals surface area contributed by atoms with Gasteiger partial charge >= 0.3 is 0 Å². The number of amides is 1. The summed E-state index contributed by atoms with van der Waals surface area (Å²) < 4.78 is 0. The summed E-state index contributed by atoms with van der Waals surface area (Å²) in [6.07, 6.45) is 9.74. The van der Waals surface area contributed by atoms with Gasteiger partial charge in [0.05, 0.1) is 0 Å². The van der Waals surface area contributed by atoms with E-state index < -0.39 is 0 Å². The summed E-state index contributed by atoms with van der Waals surface area (Å²) in [7, 11) is 0. The first-order valence-electron chi connectivity index (χ1n) is 8.59. The van der Waals surface area contributed by atoms with Crippen molar-refractivity contribution in [2.75, 3.05) is 26.2 Å². The Labute approximate surface area is 122 Å². The largest absolute Gasteiger partial charge is 0.343 e. The van der Waals surface area contributed by atoms with Crippen LogP contribution in [0.15, 0.2) is 0 Å². The third kappa shape index (κ3) is 3.34. The van der Waals surface area contributed by atoms with Gasteiger partial charge in [-0.15, -0.1) is 0 Å². The molecule has 3 fully saturated rings. The van der Waals surface area contributed by atoms with Gasteiger partial charge in [0, 0.05) is 38.1 Å². The molecule has 114 valence electrons. The molecule has 1 saturated carbocycles. The lowest BCUT2D eigenvalue weighted by atomic mass is 9.93. The maximum absolute atomic E-state index is 12.0. The Balaban J connectivity index is 1.39. The SMILES string of the molecule is O=C(CCNC1CCCC1C1CCCN1)N1CCCC1. The van der Waals surface area contributed by atoms with Crippen LogP contribution in [-0.2, 0) is 4.79 Å². The Hall–Kier alpha value is -0.610. The molecule has 1 aliphatic carbocycles. The molecular formula is C16H29N3O. The summed E-state index contributed by atoms with van der Waals surface area (Å²) in [5.41, 5.74) is 0. The van der Waals surface area contributed by atoms with E-state index >= 15 is 0 Å². The molecule has 0 bridgehead atoms. The first kappa shape index (κ1) is 14.3. The van der Waals surface area contributed by atoms with Gasteiger partial charge in [0.15, 0.2) is 0 Å². The van der Waals surface area contributed by atoms with Gasteiger partial charge in [0.2, 0.25) is 5.91 Å². The molecule has 0 aromatic heterocycles. The first-order valence-corrected chi connectivity index (χ1v) is 8.59. The number of rotatable bonds is 5. The van der Waals surface area contributed by atoms with E-state index in [-0.39, 0.29) is 0 Å². The van der Waals surface area contributed by atoms with Crippen molar-refractivity contribution in [3.8, 4) is 0 Å². The van der Waals surface area contributed by atoms with Gasteiger partial charge in [0.1, 0.15) is 0 Å². The second kappa shape index (κ2) is 6.90. The molecule has 4 heteroatoms. The van der Waals surface area contributed by atoms with Crippen molar-refractivity contribution in [1.82, 2.24) is 15.5 Å². The van der Waals surface area contributed by atoms with Crippen LogP contribution in [0.5, 0.6) is 0 Å². The normalized spacial score (nSPS) is 34.0. The molecule has 2 heterocycles. The fourth-order valence-electron chi connectivity index (χ4n) is 4.29. The van der Waals surface area contributed by atoms with Gasteiger partial charge in [-0.3, -0.25) is 4.79 Å². The predicted octanol–water partition coefficient (Wildman–Crippen LogP) is 1.51. The zero-order chi connectivity index (χ0) is 13.8. The fourth-order valence-corrected chi connectivity index (χ4v) is 4.29. The van der Waals surface area contributed by atoms with E-state index in [1.807, 2.05) is 4.90 Å². The topological polar surface area (TPSA) is 44.4 Å². The van der Waals surface area contributed by atoms with Crippen LogP contribution in [0.1, 0.15) is 51.4 Å². The van der Waals surface area contributed by atoms with E-state index in [9.17, 15) is 4.79 Å². The number of likely N-dealkylation sites (tertiary alicyclic amines) is 1. The summed E-state index contributed by atoms with van der Waals surface area (Å²) in [4.78, 5) is 14.1. The van der Waals surface area contributed by atoms with E-state index in [1.165, 1.54) is 51.5 Å². The molecule has 20 heavy (non-hydrogen) atoms. The summed E-state index contributed by atoms with van der Waals surface area (Å²) in [5, 5.41) is 7.33. The summed E-state index contributed by atoms with van der Waals surface area (Å²) >= 11 is 0. The van der Waals surface area contributed by atoms with Crippen molar-refractivity contribution in [2.45, 2.75) is 63.5 Å². The smallest absolute Gasteiger partial charge is 0.223 e. The minimum absolute atomic E-state index is 0.350. The van der Waals surface area contributed by atoms with Crippen LogP contribution in [0.25, 0.3) is 0 Å². The average Bonchev–Trinajstić information content (AvgIpc) is 3.20. The second-order valence-electron chi connectivity index (χ2n) is 6.70. The van der Waals surface area contributed by atoms with Gasteiger partial charge in [-0.1, -0.05) is 6.42 Å². The molecule has 2 aliphatic heterocycles. The number of nitrogens with zero attached hydrogens (tertiary/aromatic N) is 1. The van der Waals surface area contributed by atoms with Gasteiger partial charge in [-0.2, -0.15) is 0 Å². The molecule has 0 radical (unpaired) electrons. The number of hydrogen-bond donors (Lipinski definition) is 2. The van der Waals surface area contributed by atoms with Crippen LogP contribution in [0, 0.1) is 5.92 Å². The van der Waals surface area contributed by atoms with E-state index in [1.54, 1.807) is 0 Å². The first-order chi connectivity index (χ1) is 9.84. The van der Waals surface area contributed by atoms with Crippen LogP contribution < -0.4 is 10.6 Å². The Morgan fingerprint density at radius 1 is 1.10 bits per heavy atom. The highest BCUT2D eigenvalue weighted by molar-refractivity contribution is 5.76. The maximum Gasteiger partial charge on any atom is 0.223 e. The van der Waals surface area contributed by atoms with Crippen LogP contribution in [0.2, 0.25) is 0 Å². The molecule has 0 aromatic carbocycles. The summed E-state index contributed by atoms with van der Waals surface area (Å²) in [5.74, 6) is 1.14. The predicted molar refractivity (Wildman–Crippen MR) is 80.6 cm³/mol. The zero-order valence-electron chi connectivity index (χ0n) is 12.6. The molecule has 3 rings (SSSR count). The number of nitrogens with one attached hydrogen (secondary N) is 2. The van der Waals surface area contributed by atoms with E-state index in [4.69, 9.17) is 0 Å². The molecule has 3 atom stereocenters. The van der Waals surface area contributed by atoms with E-state index in [2.05, 4.69) is 10.6 Å². The number of carbonyl (C=O) groups is 1. The Morgan fingerprint density at radius 3 is 2.70 bits per heavy atom. The zero-order valence-corrected chi connectivity index (χ0v) is 12.6. The highest BCUT2D eigenvalue weighted by atomic mass is 16.2. The monoisotopic (exact) mass is 279 g/mol. The molecular weight excluding hydrogens is 250 g/mol. The minimum Gasteiger partial charge on any atom is -0.343 e. The standard InChI is InChI=1S/C16H29N3O/c20-16(19-11-1-2-12-19)8-10-18-14-6-3-5-13(14)15-7-4-9-17-15/h13-15,17-18H,1-12H2. The fraction of sp³-hybridized carbons (Fsp3) is 0.938. The highest BCUT2D eigenvalue weighted by Gasteiger charge is 2.34. The summed E-state index contributed by atoms with van der Waals surface area (Å²) in [6.45, 7) is 4.03. The molecule has 2 saturated heterocycles. The maximum atomic E-state index is 12.0. The van der Waals surface area contributed by atoms with Crippen LogP contribution in [-0.4, -0.2) is 49.1 Å². The Kier molecular flexibility index (Phi) is 4.94. The van der Waals surface area contributed by atoms with E-state index in [0.29, 0.717) is 18.4 Å². The van der Waals surface area contributed by atoms with Crippen molar-refractivity contribution in [3.63, 3.8) is 0 Å². The van der Waals surface area contributed by atoms with Gasteiger partial charge < -0.3 is 15.5 Å². The molecule has 2 N–H and O–H groups in total. The Bertz CT molecular complexity index is 322. The molecule has 0 spiro atoms. The van der Waals surface area contributed by atoms with Crippen LogP contribution in [0.4, 0.5) is 0 Å². The number of carbonyl (C=O) groups excluding carboxylic acids is 1. The van der Waals surface area contributed by atoms with Gasteiger partial charge in [-0.05, 0) is 51.0 Å².